The SMILES string of the molecule is CCCCNC(=O)COCCOCCNC(=O)COCCOCCNC(=O)CCC(NC(=O)CCCCCCCCCCC(=O)O)C(=O)O. The third kappa shape index (κ3) is 33.0. The van der Waals surface area contributed by atoms with Crippen LogP contribution in [0.3, 0.4) is 0 Å². The molecule has 0 aromatic carbocycles. The number of amides is 4. The van der Waals surface area contributed by atoms with Crippen molar-refractivity contribution >= 4 is 35.6 Å². The fraction of sp³-hybridized carbons (Fsp3) is 0.818. The minimum atomic E-state index is -1.20. The lowest BCUT2D eigenvalue weighted by Crippen LogP contribution is -2.41. The van der Waals surface area contributed by atoms with Crippen LogP contribution in [0.5, 0.6) is 0 Å². The second-order valence-electron chi connectivity index (χ2n) is 11.5. The average Bonchev–Trinajstić information content (AvgIpc) is 3.06. The van der Waals surface area contributed by atoms with Crippen molar-refractivity contribution in [3.8, 4) is 0 Å². The highest BCUT2D eigenvalue weighted by atomic mass is 16.5. The van der Waals surface area contributed by atoms with Crippen molar-refractivity contribution in [1.82, 2.24) is 21.3 Å². The first-order chi connectivity index (χ1) is 23.6. The van der Waals surface area contributed by atoms with E-state index in [4.69, 9.17) is 24.1 Å². The molecule has 0 aromatic rings. The summed E-state index contributed by atoms with van der Waals surface area (Å²) in [5.74, 6) is -3.15. The van der Waals surface area contributed by atoms with Crippen LogP contribution in [-0.4, -0.2) is 124 Å². The van der Waals surface area contributed by atoms with Crippen LogP contribution in [0.15, 0.2) is 0 Å². The maximum atomic E-state index is 12.2. The van der Waals surface area contributed by atoms with E-state index in [-0.39, 0.29) is 95.5 Å². The Morgan fingerprint density at radius 1 is 0.510 bits per heavy atom. The zero-order chi connectivity index (χ0) is 36.4. The summed E-state index contributed by atoms with van der Waals surface area (Å²) in [6.45, 7) is 4.51. The van der Waals surface area contributed by atoms with Crippen molar-refractivity contribution in [2.24, 2.45) is 0 Å². The highest BCUT2D eigenvalue weighted by Gasteiger charge is 2.20. The monoisotopic (exact) mass is 704 g/mol. The number of unbranched alkanes of at least 4 members (excludes halogenated alkanes) is 8. The molecule has 0 saturated carbocycles. The molecule has 0 spiro atoms. The Hall–Kier alpha value is -3.34. The molecule has 16 heteroatoms. The summed E-state index contributed by atoms with van der Waals surface area (Å²) in [7, 11) is 0. The van der Waals surface area contributed by atoms with Crippen LogP contribution in [-0.2, 0) is 47.7 Å². The van der Waals surface area contributed by atoms with Gasteiger partial charge in [-0.1, -0.05) is 51.9 Å². The largest absolute Gasteiger partial charge is 0.481 e. The summed E-state index contributed by atoms with van der Waals surface area (Å²) in [5, 5.41) is 28.6. The van der Waals surface area contributed by atoms with Crippen LogP contribution in [0.2, 0.25) is 0 Å². The molecule has 0 aliphatic carbocycles. The number of carboxylic acids is 2. The molecule has 49 heavy (non-hydrogen) atoms. The molecule has 0 bridgehead atoms. The summed E-state index contributed by atoms with van der Waals surface area (Å²) in [4.78, 5) is 69.6. The van der Waals surface area contributed by atoms with Crippen LogP contribution < -0.4 is 21.3 Å². The van der Waals surface area contributed by atoms with E-state index in [1.54, 1.807) is 0 Å². The molecule has 0 fully saturated rings. The molecule has 0 aromatic heterocycles. The smallest absolute Gasteiger partial charge is 0.326 e. The minimum Gasteiger partial charge on any atom is -0.481 e. The summed E-state index contributed by atoms with van der Waals surface area (Å²) in [5.41, 5.74) is 0. The highest BCUT2D eigenvalue weighted by molar-refractivity contribution is 5.84. The van der Waals surface area contributed by atoms with E-state index in [0.717, 1.165) is 51.4 Å². The van der Waals surface area contributed by atoms with Gasteiger partial charge in [-0.25, -0.2) is 4.79 Å². The normalized spacial score (nSPS) is 11.4. The Kier molecular flexibility index (Phi) is 30.9. The zero-order valence-corrected chi connectivity index (χ0v) is 29.2. The van der Waals surface area contributed by atoms with Gasteiger partial charge in [0.15, 0.2) is 0 Å². The van der Waals surface area contributed by atoms with Gasteiger partial charge in [-0.2, -0.15) is 0 Å². The van der Waals surface area contributed by atoms with Gasteiger partial charge in [0.1, 0.15) is 19.3 Å². The lowest BCUT2D eigenvalue weighted by molar-refractivity contribution is -0.142. The lowest BCUT2D eigenvalue weighted by atomic mass is 10.1. The molecule has 0 heterocycles. The van der Waals surface area contributed by atoms with Gasteiger partial charge in [-0.05, 0) is 25.7 Å². The number of carboxylic acid groups (broad SMARTS) is 2. The predicted octanol–water partition coefficient (Wildman–Crippen LogP) is 1.54. The standard InChI is InChI=1S/C33H60N4O12/c1-2-3-16-34-30(40)25-48-23-22-47-20-18-36-31(41)26-49-24-21-46-19-17-35-28(38)15-14-27(33(44)45)37-29(39)12-10-8-6-4-5-7-9-11-13-32(42)43/h27H,2-26H2,1H3,(H,34,40)(H,35,38)(H,36,41)(H,37,39)(H,42,43)(H,44,45). The van der Waals surface area contributed by atoms with Crippen molar-refractivity contribution < 1.29 is 57.9 Å². The first-order valence-electron chi connectivity index (χ1n) is 17.5. The van der Waals surface area contributed by atoms with E-state index in [1.807, 2.05) is 6.92 Å². The maximum absolute atomic E-state index is 12.2. The van der Waals surface area contributed by atoms with E-state index in [9.17, 15) is 33.9 Å². The van der Waals surface area contributed by atoms with Crippen LogP contribution in [0.25, 0.3) is 0 Å². The molecule has 1 unspecified atom stereocenters. The number of hydrogen-bond donors (Lipinski definition) is 6. The summed E-state index contributed by atoms with van der Waals surface area (Å²) < 4.78 is 21.2. The molecule has 0 aliphatic heterocycles. The fourth-order valence-corrected chi connectivity index (χ4v) is 4.31. The Balaban J connectivity index is 3.68. The molecule has 0 radical (unpaired) electrons. The second kappa shape index (κ2) is 33.2. The van der Waals surface area contributed by atoms with Crippen LogP contribution >= 0.6 is 0 Å². The lowest BCUT2D eigenvalue weighted by Gasteiger charge is -2.14. The van der Waals surface area contributed by atoms with Gasteiger partial charge in [0.25, 0.3) is 0 Å². The average molecular weight is 705 g/mol. The molecule has 0 aliphatic rings. The first kappa shape index (κ1) is 45.7. The quantitative estimate of drug-likeness (QED) is 0.0517. The van der Waals surface area contributed by atoms with Gasteiger partial charge in [0, 0.05) is 38.9 Å². The fourth-order valence-electron chi connectivity index (χ4n) is 4.31. The topological polar surface area (TPSA) is 228 Å². The second-order valence-corrected chi connectivity index (χ2v) is 11.5. The zero-order valence-electron chi connectivity index (χ0n) is 29.2. The van der Waals surface area contributed by atoms with Gasteiger partial charge in [-0.3, -0.25) is 24.0 Å². The van der Waals surface area contributed by atoms with Crippen molar-refractivity contribution in [3.63, 3.8) is 0 Å². The molecule has 6 N–H and O–H groups in total. The van der Waals surface area contributed by atoms with E-state index >= 15 is 0 Å². The number of carbonyl (C=O) groups excluding carboxylic acids is 4. The van der Waals surface area contributed by atoms with E-state index in [0.29, 0.717) is 39.1 Å². The van der Waals surface area contributed by atoms with E-state index in [1.165, 1.54) is 0 Å². The van der Waals surface area contributed by atoms with Crippen LogP contribution in [0.1, 0.15) is 96.8 Å². The maximum Gasteiger partial charge on any atom is 0.326 e. The summed E-state index contributed by atoms with van der Waals surface area (Å²) in [6, 6.07) is -1.15. The summed E-state index contributed by atoms with van der Waals surface area (Å²) in [6.07, 6.45) is 9.33. The van der Waals surface area contributed by atoms with Gasteiger partial charge in [0.2, 0.25) is 23.6 Å². The minimum absolute atomic E-state index is 0.0118. The van der Waals surface area contributed by atoms with Crippen LogP contribution in [0.4, 0.5) is 0 Å². The third-order valence-electron chi connectivity index (χ3n) is 7.04. The van der Waals surface area contributed by atoms with Crippen molar-refractivity contribution in [1.29, 1.82) is 0 Å². The number of rotatable bonds is 35. The van der Waals surface area contributed by atoms with Crippen molar-refractivity contribution in [2.45, 2.75) is 103 Å². The van der Waals surface area contributed by atoms with E-state index in [2.05, 4.69) is 21.3 Å². The molecule has 4 amide bonds. The van der Waals surface area contributed by atoms with Gasteiger partial charge in [-0.15, -0.1) is 0 Å². The van der Waals surface area contributed by atoms with Gasteiger partial charge < -0.3 is 50.4 Å². The molecular formula is C33H60N4O12. The number of nitrogens with one attached hydrogen (secondary N) is 4. The van der Waals surface area contributed by atoms with Gasteiger partial charge >= 0.3 is 11.9 Å². The van der Waals surface area contributed by atoms with Crippen LogP contribution in [0, 0.1) is 0 Å². The Morgan fingerprint density at radius 2 is 0.980 bits per heavy atom. The number of aliphatic carboxylic acids is 2. The predicted molar refractivity (Wildman–Crippen MR) is 180 cm³/mol. The van der Waals surface area contributed by atoms with Crippen molar-refractivity contribution in [2.75, 3.05) is 72.5 Å². The van der Waals surface area contributed by atoms with E-state index < -0.39 is 18.0 Å². The molecule has 0 rings (SSSR count). The Bertz CT molecular complexity index is 922. The molecule has 0 saturated heterocycles. The van der Waals surface area contributed by atoms with Crippen molar-refractivity contribution in [3.05, 3.63) is 0 Å². The number of ether oxygens (including phenoxy) is 4. The summed E-state index contributed by atoms with van der Waals surface area (Å²) >= 11 is 0. The first-order valence-corrected chi connectivity index (χ1v) is 17.5. The molecular weight excluding hydrogens is 644 g/mol. The highest BCUT2D eigenvalue weighted by Crippen LogP contribution is 2.11. The Morgan fingerprint density at radius 3 is 1.49 bits per heavy atom. The third-order valence-corrected chi connectivity index (χ3v) is 7.04. The molecule has 284 valence electrons. The van der Waals surface area contributed by atoms with Gasteiger partial charge in [0.05, 0.1) is 39.6 Å². The number of hydrogen-bond acceptors (Lipinski definition) is 10. The number of carbonyl (C=O) groups is 6. The molecule has 16 nitrogen and oxygen atoms in total. The molecule has 1 atom stereocenters. The Labute approximate surface area is 290 Å².